The van der Waals surface area contributed by atoms with Gasteiger partial charge in [0.1, 0.15) is 23.6 Å². The van der Waals surface area contributed by atoms with Gasteiger partial charge in [0.05, 0.1) is 6.04 Å². The number of hydrogen-bond acceptors (Lipinski definition) is 3. The van der Waals surface area contributed by atoms with Crippen LogP contribution in [0.15, 0.2) is 41.9 Å². The van der Waals surface area contributed by atoms with Crippen LogP contribution in [0.25, 0.3) is 0 Å². The highest BCUT2D eigenvalue weighted by Crippen LogP contribution is 2.46. The molecule has 0 saturated carbocycles. The number of carbonyl (C=O) groups excluding carboxylic acids is 1. The van der Waals surface area contributed by atoms with E-state index in [0.29, 0.717) is 38.0 Å². The minimum Gasteiger partial charge on any atom is -0.505 e. The van der Waals surface area contributed by atoms with Gasteiger partial charge in [-0.1, -0.05) is 25.1 Å². The summed E-state index contributed by atoms with van der Waals surface area (Å²) in [7, 11) is 0. The zero-order valence-electron chi connectivity index (χ0n) is 18.0. The Bertz CT molecular complexity index is 931. The first-order chi connectivity index (χ1) is 14.7. The summed E-state index contributed by atoms with van der Waals surface area (Å²) < 4.78 is 43.0. The van der Waals surface area contributed by atoms with Crippen molar-refractivity contribution in [2.75, 3.05) is 19.6 Å². The number of piperidine rings is 1. The van der Waals surface area contributed by atoms with E-state index in [4.69, 9.17) is 0 Å². The van der Waals surface area contributed by atoms with Crippen LogP contribution in [-0.2, 0) is 11.3 Å². The van der Waals surface area contributed by atoms with Crippen molar-refractivity contribution < 1.29 is 23.1 Å². The first kappa shape index (κ1) is 21.9. The largest absolute Gasteiger partial charge is 0.505 e. The van der Waals surface area contributed by atoms with Gasteiger partial charge in [0.15, 0.2) is 0 Å². The molecule has 4 nitrogen and oxygen atoms in total. The molecule has 0 spiro atoms. The molecular weight excluding hydrogens is 405 g/mol. The van der Waals surface area contributed by atoms with Crippen LogP contribution in [0.5, 0.6) is 0 Å². The van der Waals surface area contributed by atoms with E-state index in [9.17, 15) is 18.7 Å². The molecule has 1 aliphatic carbocycles. The Morgan fingerprint density at radius 1 is 1.23 bits per heavy atom. The zero-order valence-corrected chi connectivity index (χ0v) is 18.0. The van der Waals surface area contributed by atoms with Crippen molar-refractivity contribution in [3.8, 4) is 0 Å². The second kappa shape index (κ2) is 8.34. The monoisotopic (exact) mass is 434 g/mol. The fourth-order valence-electron chi connectivity index (χ4n) is 5.23. The van der Waals surface area contributed by atoms with Crippen molar-refractivity contribution >= 4 is 5.91 Å². The van der Waals surface area contributed by atoms with Crippen molar-refractivity contribution in [2.24, 2.45) is 11.3 Å². The van der Waals surface area contributed by atoms with Crippen molar-refractivity contribution in [3.63, 3.8) is 0 Å². The highest BCUT2D eigenvalue weighted by Gasteiger charge is 2.46. The van der Waals surface area contributed by atoms with Gasteiger partial charge < -0.3 is 10.0 Å². The molecule has 2 saturated heterocycles. The number of aryl methyl sites for hydroxylation is 1. The number of rotatable bonds is 4. The minimum atomic E-state index is -1.19. The molecule has 168 valence electrons. The van der Waals surface area contributed by atoms with Crippen LogP contribution < -0.4 is 0 Å². The van der Waals surface area contributed by atoms with Gasteiger partial charge in [0.2, 0.25) is 5.91 Å². The number of aliphatic hydroxyl groups is 1. The summed E-state index contributed by atoms with van der Waals surface area (Å²) in [6.45, 7) is 5.13. The average molecular weight is 435 g/mol. The number of nitrogens with zero attached hydrogens (tertiary/aromatic N) is 2. The number of aliphatic hydroxyl groups excluding tert-OH is 1. The van der Waals surface area contributed by atoms with Crippen LogP contribution in [0.2, 0.25) is 0 Å². The third-order valence-corrected chi connectivity index (χ3v) is 7.18. The predicted molar refractivity (Wildman–Crippen MR) is 112 cm³/mol. The number of likely N-dealkylation sites (tertiary alicyclic amines) is 2. The summed E-state index contributed by atoms with van der Waals surface area (Å²) in [6, 6.07) is 4.62. The van der Waals surface area contributed by atoms with Crippen molar-refractivity contribution in [1.82, 2.24) is 9.80 Å². The average Bonchev–Trinajstić information content (AvgIpc) is 3.08. The summed E-state index contributed by atoms with van der Waals surface area (Å²) >= 11 is 0. The van der Waals surface area contributed by atoms with Crippen molar-refractivity contribution in [2.45, 2.75) is 51.9 Å². The van der Waals surface area contributed by atoms with Gasteiger partial charge in [0.25, 0.3) is 0 Å². The fraction of sp³-hybridized carbons (Fsp3) is 0.542. The van der Waals surface area contributed by atoms with Crippen molar-refractivity contribution in [1.29, 1.82) is 0 Å². The molecule has 0 bridgehead atoms. The highest BCUT2D eigenvalue weighted by atomic mass is 19.1. The van der Waals surface area contributed by atoms with Gasteiger partial charge >= 0.3 is 0 Å². The van der Waals surface area contributed by atoms with Gasteiger partial charge in [-0.2, -0.15) is 0 Å². The number of amides is 1. The number of benzene rings is 1. The second-order valence-corrected chi connectivity index (χ2v) is 9.36. The van der Waals surface area contributed by atoms with E-state index in [2.05, 4.69) is 0 Å². The summed E-state index contributed by atoms with van der Waals surface area (Å²) in [6.07, 6.45) is 2.97. The lowest BCUT2D eigenvalue weighted by atomic mass is 9.67. The summed E-state index contributed by atoms with van der Waals surface area (Å²) in [4.78, 5) is 16.6. The topological polar surface area (TPSA) is 43.8 Å². The molecule has 4 atom stereocenters. The fourth-order valence-corrected chi connectivity index (χ4v) is 5.23. The quantitative estimate of drug-likeness (QED) is 0.753. The molecule has 2 aliphatic heterocycles. The Hall–Kier alpha value is -2.28. The van der Waals surface area contributed by atoms with E-state index in [1.54, 1.807) is 24.0 Å². The summed E-state index contributed by atoms with van der Waals surface area (Å²) in [5.74, 6) is -1.69. The minimum absolute atomic E-state index is 0.0103. The molecule has 1 unspecified atom stereocenters. The Balaban J connectivity index is 1.38. The van der Waals surface area contributed by atoms with Gasteiger partial charge in [-0.25, -0.2) is 13.2 Å². The summed E-state index contributed by atoms with van der Waals surface area (Å²) in [5, 5.41) is 9.50. The van der Waals surface area contributed by atoms with Crippen LogP contribution in [0.1, 0.15) is 37.3 Å². The number of carbonyl (C=O) groups is 1. The molecule has 4 rings (SSSR count). The molecular formula is C24H29F3N2O2. The molecule has 1 N–H and O–H groups in total. The van der Waals surface area contributed by atoms with Crippen LogP contribution in [0.4, 0.5) is 13.2 Å². The molecule has 0 radical (unpaired) electrons. The smallest absolute Gasteiger partial charge is 0.240 e. The maximum Gasteiger partial charge on any atom is 0.240 e. The van der Waals surface area contributed by atoms with E-state index in [0.717, 1.165) is 5.56 Å². The van der Waals surface area contributed by atoms with E-state index >= 15 is 4.39 Å². The Kier molecular flexibility index (Phi) is 5.90. The molecule has 7 heteroatoms. The SMILES string of the molecule is Cc1ccc(CN2CC[C@@H](N3CC[C@@H](C4(C)C=CC(O)=C(F)C4)[C@H](F)C3)C2=O)cc1F. The third-order valence-electron chi connectivity index (χ3n) is 7.18. The lowest BCUT2D eigenvalue weighted by molar-refractivity contribution is -0.134. The van der Waals surface area contributed by atoms with Gasteiger partial charge in [-0.05, 0) is 55.0 Å². The molecule has 31 heavy (non-hydrogen) atoms. The van der Waals surface area contributed by atoms with Crippen LogP contribution in [-0.4, -0.2) is 52.7 Å². The molecule has 2 fully saturated rings. The first-order valence-electron chi connectivity index (χ1n) is 10.9. The van der Waals surface area contributed by atoms with Crippen LogP contribution >= 0.6 is 0 Å². The van der Waals surface area contributed by atoms with Gasteiger partial charge in [0, 0.05) is 32.0 Å². The van der Waals surface area contributed by atoms with E-state index in [1.807, 2.05) is 17.9 Å². The predicted octanol–water partition coefficient (Wildman–Crippen LogP) is 4.60. The third kappa shape index (κ3) is 4.25. The first-order valence-corrected chi connectivity index (χ1v) is 10.9. The van der Waals surface area contributed by atoms with Gasteiger partial charge in [-0.15, -0.1) is 0 Å². The number of allylic oxidation sites excluding steroid dienone is 3. The lowest BCUT2D eigenvalue weighted by Crippen LogP contribution is -2.52. The molecule has 0 aromatic heterocycles. The normalized spacial score (nSPS) is 32.2. The van der Waals surface area contributed by atoms with E-state index < -0.39 is 17.4 Å². The standard InChI is InChI=1S/C24H29F3N2O2/c1-15-3-4-16(11-18(15)25)13-29-10-7-21(23(29)31)28-9-6-17(20(27)14-28)24(2)8-5-22(30)19(26)12-24/h3-5,8,11,17,20-21,30H,6-7,9-10,12-14H2,1-2H3/t17-,20-,21-,24?/m1/s1. The number of hydrogen-bond donors (Lipinski definition) is 1. The van der Waals surface area contributed by atoms with Crippen LogP contribution in [0, 0.1) is 24.1 Å². The lowest BCUT2D eigenvalue weighted by Gasteiger charge is -2.45. The van der Waals surface area contributed by atoms with Crippen molar-refractivity contribution in [3.05, 3.63) is 58.9 Å². The van der Waals surface area contributed by atoms with Gasteiger partial charge in [-0.3, -0.25) is 9.69 Å². The Labute approximate surface area is 181 Å². The second-order valence-electron chi connectivity index (χ2n) is 9.36. The number of alkyl halides is 1. The molecule has 3 aliphatic rings. The highest BCUT2D eigenvalue weighted by molar-refractivity contribution is 5.84. The molecule has 1 amide bonds. The van der Waals surface area contributed by atoms with Crippen LogP contribution in [0.3, 0.4) is 0 Å². The maximum absolute atomic E-state index is 15.2. The number of halogens is 3. The maximum atomic E-state index is 15.2. The molecule has 2 heterocycles. The summed E-state index contributed by atoms with van der Waals surface area (Å²) in [5.41, 5.74) is 0.621. The Morgan fingerprint density at radius 2 is 2.00 bits per heavy atom. The van der Waals surface area contributed by atoms with E-state index in [-0.39, 0.29) is 42.4 Å². The molecule has 1 aromatic carbocycles. The Morgan fingerprint density at radius 3 is 2.68 bits per heavy atom. The van der Waals surface area contributed by atoms with E-state index in [1.165, 1.54) is 12.1 Å². The zero-order chi connectivity index (χ0) is 22.3. The molecule has 1 aromatic rings.